The Bertz CT molecular complexity index is 1570. The van der Waals surface area contributed by atoms with E-state index in [0.29, 0.717) is 16.8 Å². The van der Waals surface area contributed by atoms with Crippen molar-refractivity contribution in [2.75, 3.05) is 11.1 Å². The van der Waals surface area contributed by atoms with Crippen molar-refractivity contribution in [1.29, 1.82) is 0 Å². The van der Waals surface area contributed by atoms with Gasteiger partial charge in [0.25, 0.3) is 17.5 Å². The molecule has 0 heterocycles. The number of benzene rings is 4. The monoisotopic (exact) mass is 551 g/mol. The second kappa shape index (κ2) is 13.2. The number of ketones is 1. The van der Waals surface area contributed by atoms with Crippen molar-refractivity contribution < 1.29 is 19.3 Å². The maximum atomic E-state index is 13.2. The Morgan fingerprint density at radius 2 is 1.48 bits per heavy atom. The summed E-state index contributed by atoms with van der Waals surface area (Å²) in [6, 6.07) is 28.6. The Balaban J connectivity index is 1.49. The lowest BCUT2D eigenvalue weighted by Gasteiger charge is -2.12. The predicted molar refractivity (Wildman–Crippen MR) is 156 cm³/mol. The molecule has 4 aromatic carbocycles. The molecule has 9 heteroatoms. The standard InChI is InChI=1S/C31H25N3O5S/c1-21-11-13-22(14-12-21)29(35)20-40-26-17-15-25(16-18-26)32-31(37)27(33-30(36)23-7-3-2-4-8-23)19-24-9-5-6-10-28(24)34(38)39/h2-19H,20H2,1H3,(H,32,37)(H,33,36)/b27-19-. The predicted octanol–water partition coefficient (Wildman–Crippen LogP) is 6.29. The molecular weight excluding hydrogens is 526 g/mol. The van der Waals surface area contributed by atoms with E-state index in [1.807, 2.05) is 31.2 Å². The zero-order valence-electron chi connectivity index (χ0n) is 21.5. The molecule has 4 aromatic rings. The van der Waals surface area contributed by atoms with E-state index in [0.717, 1.165) is 10.5 Å². The van der Waals surface area contributed by atoms with Crippen molar-refractivity contribution in [3.63, 3.8) is 0 Å². The molecule has 0 aliphatic rings. The number of nitrogens with zero attached hydrogens (tertiary/aromatic N) is 1. The maximum Gasteiger partial charge on any atom is 0.276 e. The molecule has 0 unspecified atom stereocenters. The Hall–Kier alpha value is -5.02. The molecule has 0 aliphatic carbocycles. The summed E-state index contributed by atoms with van der Waals surface area (Å²) in [5, 5.41) is 16.8. The van der Waals surface area contributed by atoms with E-state index in [2.05, 4.69) is 10.6 Å². The smallest absolute Gasteiger partial charge is 0.276 e. The van der Waals surface area contributed by atoms with E-state index < -0.39 is 16.7 Å². The van der Waals surface area contributed by atoms with Gasteiger partial charge >= 0.3 is 0 Å². The number of amides is 2. The molecule has 0 fully saturated rings. The van der Waals surface area contributed by atoms with Crippen LogP contribution in [0.15, 0.2) is 114 Å². The van der Waals surface area contributed by atoms with Crippen molar-refractivity contribution >= 4 is 46.8 Å². The van der Waals surface area contributed by atoms with Crippen LogP contribution in [0.1, 0.15) is 31.8 Å². The number of carbonyl (C=O) groups is 3. The van der Waals surface area contributed by atoms with Crippen molar-refractivity contribution in [3.05, 3.63) is 141 Å². The summed E-state index contributed by atoms with van der Waals surface area (Å²) < 4.78 is 0. The van der Waals surface area contributed by atoms with Gasteiger partial charge in [-0.1, -0.05) is 60.2 Å². The van der Waals surface area contributed by atoms with E-state index >= 15 is 0 Å². The van der Waals surface area contributed by atoms with Crippen LogP contribution in [-0.4, -0.2) is 28.3 Å². The fourth-order valence-corrected chi connectivity index (χ4v) is 4.47. The lowest BCUT2D eigenvalue weighted by atomic mass is 10.1. The summed E-state index contributed by atoms with van der Waals surface area (Å²) in [5.74, 6) is -0.910. The topological polar surface area (TPSA) is 118 Å². The van der Waals surface area contributed by atoms with Crippen LogP contribution >= 0.6 is 11.8 Å². The van der Waals surface area contributed by atoms with Gasteiger partial charge in [-0.25, -0.2) is 0 Å². The molecule has 2 N–H and O–H groups in total. The largest absolute Gasteiger partial charge is 0.321 e. The Kier molecular flexibility index (Phi) is 9.22. The molecule has 0 aromatic heterocycles. The number of carbonyl (C=O) groups excluding carboxylic acids is 3. The van der Waals surface area contributed by atoms with Gasteiger partial charge in [0.15, 0.2) is 5.78 Å². The number of rotatable bonds is 10. The number of anilines is 1. The van der Waals surface area contributed by atoms with E-state index in [1.54, 1.807) is 60.7 Å². The average molecular weight is 552 g/mol. The molecule has 0 radical (unpaired) electrons. The first kappa shape index (κ1) is 28.0. The molecule has 0 spiro atoms. The third-order valence-corrected chi connectivity index (χ3v) is 6.83. The lowest BCUT2D eigenvalue weighted by Crippen LogP contribution is -2.30. The first-order valence-corrected chi connectivity index (χ1v) is 13.2. The van der Waals surface area contributed by atoms with E-state index in [9.17, 15) is 24.5 Å². The number of aryl methyl sites for hydroxylation is 1. The van der Waals surface area contributed by atoms with E-state index in [-0.39, 0.29) is 28.5 Å². The van der Waals surface area contributed by atoms with Crippen LogP contribution < -0.4 is 10.6 Å². The highest BCUT2D eigenvalue weighted by molar-refractivity contribution is 8.00. The Morgan fingerprint density at radius 1 is 0.825 bits per heavy atom. The third-order valence-electron chi connectivity index (χ3n) is 5.82. The number of para-hydroxylation sites is 1. The first-order valence-electron chi connectivity index (χ1n) is 12.3. The number of hydrogen-bond acceptors (Lipinski definition) is 6. The highest BCUT2D eigenvalue weighted by Gasteiger charge is 2.18. The third kappa shape index (κ3) is 7.52. The SMILES string of the molecule is Cc1ccc(C(=O)CSc2ccc(NC(=O)/C(=C/c3ccccc3[N+](=O)[O-])NC(=O)c3ccccc3)cc2)cc1. The summed E-state index contributed by atoms with van der Waals surface area (Å²) in [5.41, 5.74) is 2.30. The van der Waals surface area contributed by atoms with Crippen LogP contribution in [0.3, 0.4) is 0 Å². The van der Waals surface area contributed by atoms with Gasteiger partial charge in [-0.3, -0.25) is 24.5 Å². The van der Waals surface area contributed by atoms with Gasteiger partial charge < -0.3 is 10.6 Å². The minimum atomic E-state index is -0.655. The normalized spacial score (nSPS) is 11.0. The van der Waals surface area contributed by atoms with Crippen LogP contribution in [0.5, 0.6) is 0 Å². The highest BCUT2D eigenvalue weighted by Crippen LogP contribution is 2.23. The molecule has 40 heavy (non-hydrogen) atoms. The fourth-order valence-electron chi connectivity index (χ4n) is 3.68. The second-order valence-corrected chi connectivity index (χ2v) is 9.80. The van der Waals surface area contributed by atoms with Gasteiger partial charge in [0.2, 0.25) is 0 Å². The van der Waals surface area contributed by atoms with Gasteiger partial charge in [0, 0.05) is 27.8 Å². The minimum absolute atomic E-state index is 0.0151. The maximum absolute atomic E-state index is 13.2. The number of nitro groups is 1. The molecular formula is C31H25N3O5S. The Morgan fingerprint density at radius 3 is 2.15 bits per heavy atom. The summed E-state index contributed by atoms with van der Waals surface area (Å²) in [7, 11) is 0. The summed E-state index contributed by atoms with van der Waals surface area (Å²) >= 11 is 1.38. The van der Waals surface area contributed by atoms with Crippen molar-refractivity contribution in [1.82, 2.24) is 5.32 Å². The van der Waals surface area contributed by atoms with Gasteiger partial charge in [-0.15, -0.1) is 11.8 Å². The molecule has 8 nitrogen and oxygen atoms in total. The number of nitrogens with one attached hydrogen (secondary N) is 2. The number of thioether (sulfide) groups is 1. The van der Waals surface area contributed by atoms with E-state index in [1.165, 1.54) is 36.0 Å². The number of nitro benzene ring substituents is 1. The molecule has 2 amide bonds. The first-order chi connectivity index (χ1) is 19.3. The summed E-state index contributed by atoms with van der Waals surface area (Å²) in [6.45, 7) is 1.96. The fraction of sp³-hybridized carbons (Fsp3) is 0.0645. The molecule has 0 saturated heterocycles. The molecule has 0 aliphatic heterocycles. The van der Waals surface area contributed by atoms with Crippen molar-refractivity contribution in [2.24, 2.45) is 0 Å². The zero-order valence-corrected chi connectivity index (χ0v) is 22.3. The quantitative estimate of drug-likeness (QED) is 0.0786. The number of Topliss-reactive ketones (excluding diaryl/α,β-unsaturated/α-hetero) is 1. The summed E-state index contributed by atoms with van der Waals surface area (Å²) in [6.07, 6.45) is 1.27. The van der Waals surface area contributed by atoms with Crippen molar-refractivity contribution in [3.8, 4) is 0 Å². The van der Waals surface area contributed by atoms with Gasteiger partial charge in [-0.05, 0) is 55.5 Å². The molecule has 4 rings (SSSR count). The second-order valence-electron chi connectivity index (χ2n) is 8.75. The van der Waals surface area contributed by atoms with Crippen LogP contribution in [0, 0.1) is 17.0 Å². The van der Waals surface area contributed by atoms with Crippen LogP contribution in [0.25, 0.3) is 6.08 Å². The molecule has 200 valence electrons. The lowest BCUT2D eigenvalue weighted by molar-refractivity contribution is -0.385. The van der Waals surface area contributed by atoms with E-state index in [4.69, 9.17) is 0 Å². The van der Waals surface area contributed by atoms with Gasteiger partial charge in [-0.2, -0.15) is 0 Å². The van der Waals surface area contributed by atoms with Crippen LogP contribution in [0.4, 0.5) is 11.4 Å². The number of hydrogen-bond donors (Lipinski definition) is 2. The van der Waals surface area contributed by atoms with Crippen molar-refractivity contribution in [2.45, 2.75) is 11.8 Å². The van der Waals surface area contributed by atoms with Gasteiger partial charge in [0.05, 0.1) is 16.2 Å². The summed E-state index contributed by atoms with van der Waals surface area (Å²) in [4.78, 5) is 50.3. The molecule has 0 bridgehead atoms. The minimum Gasteiger partial charge on any atom is -0.321 e. The molecule has 0 saturated carbocycles. The van der Waals surface area contributed by atoms with Crippen LogP contribution in [0.2, 0.25) is 0 Å². The molecule has 0 atom stereocenters. The Labute approximate surface area is 235 Å². The van der Waals surface area contributed by atoms with Gasteiger partial charge in [0.1, 0.15) is 5.70 Å². The average Bonchev–Trinajstić information content (AvgIpc) is 2.97. The highest BCUT2D eigenvalue weighted by atomic mass is 32.2. The zero-order chi connectivity index (χ0) is 28.5. The van der Waals surface area contributed by atoms with Crippen LogP contribution in [-0.2, 0) is 4.79 Å².